The van der Waals surface area contributed by atoms with Crippen LogP contribution in [-0.4, -0.2) is 29.2 Å². The highest BCUT2D eigenvalue weighted by Crippen LogP contribution is 2.46. The van der Waals surface area contributed by atoms with Crippen LogP contribution in [0.3, 0.4) is 0 Å². The van der Waals surface area contributed by atoms with Gasteiger partial charge in [0.25, 0.3) is 0 Å². The molecule has 0 bridgehead atoms. The number of ether oxygens (including phenoxy) is 3. The largest absolute Gasteiger partial charge is 0.504 e. The van der Waals surface area contributed by atoms with Crippen LogP contribution in [0.25, 0.3) is 0 Å². The summed E-state index contributed by atoms with van der Waals surface area (Å²) >= 11 is 1.66. The molecule has 1 heterocycles. The Morgan fingerprint density at radius 2 is 2.18 bits per heavy atom. The van der Waals surface area contributed by atoms with Crippen molar-refractivity contribution in [2.45, 2.75) is 19.8 Å². The zero-order valence-electron chi connectivity index (χ0n) is 9.93. The number of aromatic hydroxyl groups is 1. The van der Waals surface area contributed by atoms with Crippen molar-refractivity contribution < 1.29 is 19.3 Å². The number of rotatable bonds is 5. The van der Waals surface area contributed by atoms with Crippen molar-refractivity contribution in [2.24, 2.45) is 0 Å². The van der Waals surface area contributed by atoms with Crippen molar-refractivity contribution in [3.05, 3.63) is 18.2 Å². The first-order chi connectivity index (χ1) is 8.21. The summed E-state index contributed by atoms with van der Waals surface area (Å²) in [6.07, 6.45) is 0. The minimum atomic E-state index is -1.10. The summed E-state index contributed by atoms with van der Waals surface area (Å²) < 4.78 is 16.9. The first-order valence-electron chi connectivity index (χ1n) is 5.62. The number of para-hydroxylation sites is 1. The van der Waals surface area contributed by atoms with Crippen LogP contribution in [0.15, 0.2) is 18.2 Å². The van der Waals surface area contributed by atoms with E-state index in [0.717, 1.165) is 5.75 Å². The zero-order chi connectivity index (χ0) is 12.3. The summed E-state index contributed by atoms with van der Waals surface area (Å²) in [7, 11) is 0. The van der Waals surface area contributed by atoms with Gasteiger partial charge in [0.05, 0.1) is 6.61 Å². The molecule has 0 aliphatic carbocycles. The molecular weight excluding hydrogens is 240 g/mol. The van der Waals surface area contributed by atoms with Gasteiger partial charge in [0.2, 0.25) is 5.75 Å². The molecule has 4 nitrogen and oxygen atoms in total. The Balaban J connectivity index is 2.21. The van der Waals surface area contributed by atoms with Crippen molar-refractivity contribution in [3.8, 4) is 17.2 Å². The van der Waals surface area contributed by atoms with Crippen molar-refractivity contribution in [3.63, 3.8) is 0 Å². The quantitative estimate of drug-likeness (QED) is 0.877. The topological polar surface area (TPSA) is 47.9 Å². The van der Waals surface area contributed by atoms with E-state index in [0.29, 0.717) is 23.9 Å². The van der Waals surface area contributed by atoms with Crippen LogP contribution >= 0.6 is 11.8 Å². The molecule has 17 heavy (non-hydrogen) atoms. The molecule has 1 aliphatic heterocycles. The van der Waals surface area contributed by atoms with Gasteiger partial charge in [-0.15, -0.1) is 0 Å². The SMILES string of the molecule is CCOC1(CSCC)Oc2cccc(O)c2O1. The molecule has 1 N–H and O–H groups in total. The van der Waals surface area contributed by atoms with Gasteiger partial charge in [0.1, 0.15) is 5.75 Å². The molecule has 0 saturated carbocycles. The molecule has 1 atom stereocenters. The summed E-state index contributed by atoms with van der Waals surface area (Å²) in [6, 6.07) is 5.04. The summed E-state index contributed by atoms with van der Waals surface area (Å²) in [6.45, 7) is 4.43. The van der Waals surface area contributed by atoms with Gasteiger partial charge in [-0.05, 0) is 24.8 Å². The minimum Gasteiger partial charge on any atom is -0.504 e. The average Bonchev–Trinajstić information content (AvgIpc) is 2.68. The molecule has 0 aromatic heterocycles. The number of hydrogen-bond donors (Lipinski definition) is 1. The Hall–Kier alpha value is -1.07. The Labute approximate surface area is 105 Å². The predicted octanol–water partition coefficient (Wildman–Crippen LogP) is 2.61. The van der Waals surface area contributed by atoms with E-state index in [2.05, 4.69) is 6.92 Å². The van der Waals surface area contributed by atoms with Gasteiger partial charge in [-0.1, -0.05) is 13.0 Å². The van der Waals surface area contributed by atoms with E-state index in [-0.39, 0.29) is 5.75 Å². The van der Waals surface area contributed by atoms with Gasteiger partial charge in [-0.3, -0.25) is 0 Å². The summed E-state index contributed by atoms with van der Waals surface area (Å²) in [5, 5.41) is 9.69. The first-order valence-corrected chi connectivity index (χ1v) is 6.78. The van der Waals surface area contributed by atoms with Gasteiger partial charge in [0.15, 0.2) is 11.5 Å². The van der Waals surface area contributed by atoms with E-state index in [4.69, 9.17) is 14.2 Å². The second-order valence-electron chi connectivity index (χ2n) is 3.56. The fourth-order valence-electron chi connectivity index (χ4n) is 1.64. The lowest BCUT2D eigenvalue weighted by Gasteiger charge is -2.26. The molecule has 1 aliphatic rings. The van der Waals surface area contributed by atoms with E-state index in [1.165, 1.54) is 0 Å². The molecule has 0 amide bonds. The molecule has 94 valence electrons. The summed E-state index contributed by atoms with van der Waals surface area (Å²) in [5.74, 6) is 1.37. The molecule has 0 fully saturated rings. The smallest absolute Gasteiger partial charge is 0.381 e. The van der Waals surface area contributed by atoms with Crippen LogP contribution in [-0.2, 0) is 4.74 Å². The first kappa shape index (κ1) is 12.4. The number of thioether (sulfide) groups is 1. The molecule has 5 heteroatoms. The molecule has 1 unspecified atom stereocenters. The lowest BCUT2D eigenvalue weighted by atomic mass is 10.3. The van der Waals surface area contributed by atoms with Crippen LogP contribution in [0.2, 0.25) is 0 Å². The van der Waals surface area contributed by atoms with Gasteiger partial charge >= 0.3 is 5.97 Å². The predicted molar refractivity (Wildman–Crippen MR) is 66.7 cm³/mol. The van der Waals surface area contributed by atoms with Crippen molar-refractivity contribution >= 4 is 11.8 Å². The highest BCUT2D eigenvalue weighted by molar-refractivity contribution is 7.99. The fourth-order valence-corrected chi connectivity index (χ4v) is 2.29. The summed E-state index contributed by atoms with van der Waals surface area (Å²) in [5.41, 5.74) is 0. The molecule has 1 aromatic rings. The van der Waals surface area contributed by atoms with E-state index >= 15 is 0 Å². The monoisotopic (exact) mass is 256 g/mol. The maximum atomic E-state index is 9.69. The van der Waals surface area contributed by atoms with Gasteiger partial charge in [-0.2, -0.15) is 11.8 Å². The van der Waals surface area contributed by atoms with Crippen molar-refractivity contribution in [2.75, 3.05) is 18.1 Å². The van der Waals surface area contributed by atoms with Crippen LogP contribution in [0.4, 0.5) is 0 Å². The number of hydrogen-bond acceptors (Lipinski definition) is 5. The Bertz CT molecular complexity index is 396. The number of fused-ring (bicyclic) bond motifs is 1. The number of benzene rings is 1. The van der Waals surface area contributed by atoms with Crippen molar-refractivity contribution in [1.29, 1.82) is 0 Å². The maximum absolute atomic E-state index is 9.69. The second-order valence-corrected chi connectivity index (χ2v) is 4.84. The molecule has 0 spiro atoms. The molecule has 1 aromatic carbocycles. The van der Waals surface area contributed by atoms with Crippen LogP contribution in [0.5, 0.6) is 17.2 Å². The third-order valence-corrected chi connectivity index (χ3v) is 3.29. The molecule has 0 radical (unpaired) electrons. The Kier molecular flexibility index (Phi) is 3.69. The van der Waals surface area contributed by atoms with Gasteiger partial charge in [0, 0.05) is 0 Å². The number of phenolic OH excluding ortho intramolecular Hbond substituents is 1. The zero-order valence-corrected chi connectivity index (χ0v) is 10.8. The fraction of sp³-hybridized carbons (Fsp3) is 0.500. The highest BCUT2D eigenvalue weighted by atomic mass is 32.2. The molecule has 2 rings (SSSR count). The maximum Gasteiger partial charge on any atom is 0.381 e. The average molecular weight is 256 g/mol. The van der Waals surface area contributed by atoms with Crippen LogP contribution in [0.1, 0.15) is 13.8 Å². The van der Waals surface area contributed by atoms with E-state index in [9.17, 15) is 5.11 Å². The standard InChI is InChI=1S/C12H16O4S/c1-3-14-12(8-17-4-2)15-10-7-5-6-9(13)11(10)16-12/h5-7,13H,3-4,8H2,1-2H3. The Morgan fingerprint density at radius 3 is 2.82 bits per heavy atom. The third kappa shape index (κ3) is 2.45. The van der Waals surface area contributed by atoms with Gasteiger partial charge in [-0.25, -0.2) is 0 Å². The van der Waals surface area contributed by atoms with E-state index in [1.807, 2.05) is 6.92 Å². The number of phenols is 1. The molecular formula is C12H16O4S. The Morgan fingerprint density at radius 1 is 1.35 bits per heavy atom. The lowest BCUT2D eigenvalue weighted by Crippen LogP contribution is -2.44. The van der Waals surface area contributed by atoms with E-state index in [1.54, 1.807) is 30.0 Å². The summed E-state index contributed by atoms with van der Waals surface area (Å²) in [4.78, 5) is 0. The van der Waals surface area contributed by atoms with E-state index < -0.39 is 5.97 Å². The van der Waals surface area contributed by atoms with Crippen LogP contribution in [0, 0.1) is 0 Å². The van der Waals surface area contributed by atoms with Gasteiger partial charge < -0.3 is 19.3 Å². The van der Waals surface area contributed by atoms with Crippen LogP contribution < -0.4 is 9.47 Å². The highest BCUT2D eigenvalue weighted by Gasteiger charge is 2.44. The third-order valence-electron chi connectivity index (χ3n) is 2.33. The van der Waals surface area contributed by atoms with Crippen molar-refractivity contribution in [1.82, 2.24) is 0 Å². The lowest BCUT2D eigenvalue weighted by molar-refractivity contribution is -0.263. The molecule has 0 saturated heterocycles. The normalized spacial score (nSPS) is 21.8. The second kappa shape index (κ2) is 5.06. The minimum absolute atomic E-state index is 0.0746.